The molecular formula is C24H34O2S2. The molecule has 0 saturated carbocycles. The number of aryl methyl sites for hydroxylation is 2. The number of thioether (sulfide) groups is 2. The topological polar surface area (TPSA) is 37.3 Å². The highest BCUT2D eigenvalue weighted by Gasteiger charge is 2.17. The monoisotopic (exact) mass is 418 g/mol. The van der Waals surface area contributed by atoms with Crippen molar-refractivity contribution in [3.63, 3.8) is 0 Å². The highest BCUT2D eigenvalue weighted by atomic mass is 32.2. The lowest BCUT2D eigenvalue weighted by Crippen LogP contribution is -2.19. The predicted molar refractivity (Wildman–Crippen MR) is 125 cm³/mol. The van der Waals surface area contributed by atoms with Crippen LogP contribution in [0.3, 0.4) is 0 Å². The summed E-state index contributed by atoms with van der Waals surface area (Å²) in [6.07, 6.45) is 1.02. The van der Waals surface area contributed by atoms with E-state index in [4.69, 9.17) is 5.11 Å². The van der Waals surface area contributed by atoms with Gasteiger partial charge in [0.05, 0.1) is 0 Å². The fourth-order valence-corrected chi connectivity index (χ4v) is 3.81. The number of carbonyl (C=O) groups excluding carboxylic acids is 1. The first-order valence-electron chi connectivity index (χ1n) is 9.53. The maximum Gasteiger partial charge on any atom is 0.126 e. The maximum absolute atomic E-state index is 10.7. The summed E-state index contributed by atoms with van der Waals surface area (Å²) in [5.41, 5.74) is 2.34. The largest absolute Gasteiger partial charge is 0.396 e. The molecule has 0 spiro atoms. The Morgan fingerprint density at radius 2 is 1.18 bits per heavy atom. The third-order valence-electron chi connectivity index (χ3n) is 4.03. The first-order valence-corrected chi connectivity index (χ1v) is 11.5. The number of benzene rings is 2. The molecule has 0 atom stereocenters. The average molecular weight is 419 g/mol. The van der Waals surface area contributed by atoms with Gasteiger partial charge in [-0.25, -0.2) is 0 Å². The van der Waals surface area contributed by atoms with Crippen LogP contribution in [0.15, 0.2) is 58.3 Å². The van der Waals surface area contributed by atoms with E-state index in [9.17, 15) is 4.79 Å². The van der Waals surface area contributed by atoms with Gasteiger partial charge in [0, 0.05) is 33.3 Å². The molecule has 1 N–H and O–H groups in total. The van der Waals surface area contributed by atoms with Crippen molar-refractivity contribution in [1.29, 1.82) is 0 Å². The number of aliphatic hydroxyl groups is 1. The van der Waals surface area contributed by atoms with E-state index in [1.165, 1.54) is 20.9 Å². The summed E-state index contributed by atoms with van der Waals surface area (Å²) in [4.78, 5) is 13.2. The minimum atomic E-state index is -0.227. The van der Waals surface area contributed by atoms with Crippen LogP contribution < -0.4 is 0 Å². The summed E-state index contributed by atoms with van der Waals surface area (Å²) in [6, 6.07) is 16.9. The summed E-state index contributed by atoms with van der Waals surface area (Å²) < 4.78 is 0. The minimum absolute atomic E-state index is 0.00948. The number of hydrogen-bond donors (Lipinski definition) is 1. The molecule has 2 nitrogen and oxygen atoms in total. The standard InChI is InChI=1S/C12H18OS.C12H16OS/c2*1-10-4-6-11(7-5-10)14-9-12(2,3)8-13/h4-7,13H,8-9H2,1-3H3;4-8H,9H2,1-3H3. The van der Waals surface area contributed by atoms with Gasteiger partial charge >= 0.3 is 0 Å². The second kappa shape index (κ2) is 11.7. The molecule has 4 heteroatoms. The van der Waals surface area contributed by atoms with Crippen molar-refractivity contribution in [1.82, 2.24) is 0 Å². The van der Waals surface area contributed by atoms with Gasteiger partial charge in [-0.2, -0.15) is 0 Å². The van der Waals surface area contributed by atoms with Crippen molar-refractivity contribution < 1.29 is 9.90 Å². The van der Waals surface area contributed by atoms with Crippen LogP contribution in [0.5, 0.6) is 0 Å². The second-order valence-corrected chi connectivity index (χ2v) is 10.7. The van der Waals surface area contributed by atoms with Crippen LogP contribution in [0.1, 0.15) is 38.8 Å². The van der Waals surface area contributed by atoms with Gasteiger partial charge < -0.3 is 9.90 Å². The smallest absolute Gasteiger partial charge is 0.126 e. The van der Waals surface area contributed by atoms with E-state index in [0.29, 0.717) is 0 Å². The van der Waals surface area contributed by atoms with Crippen molar-refractivity contribution in [3.05, 3.63) is 59.7 Å². The van der Waals surface area contributed by atoms with Crippen molar-refractivity contribution in [3.8, 4) is 0 Å². The zero-order chi connectivity index (χ0) is 21.2. The Bertz CT molecular complexity index is 704. The predicted octanol–water partition coefficient (Wildman–Crippen LogP) is 6.42. The Labute approximate surface area is 179 Å². The molecule has 0 aliphatic heterocycles. The van der Waals surface area contributed by atoms with E-state index < -0.39 is 0 Å². The molecule has 2 rings (SSSR count). The minimum Gasteiger partial charge on any atom is -0.396 e. The Balaban J connectivity index is 0.000000280. The quantitative estimate of drug-likeness (QED) is 0.396. The van der Waals surface area contributed by atoms with Crippen molar-refractivity contribution in [2.24, 2.45) is 10.8 Å². The molecule has 0 aromatic heterocycles. The number of hydrogen-bond acceptors (Lipinski definition) is 4. The second-order valence-electron chi connectivity index (χ2n) is 8.63. The van der Waals surface area contributed by atoms with E-state index in [-0.39, 0.29) is 17.4 Å². The number of aldehydes is 1. The Morgan fingerprint density at radius 3 is 1.54 bits per heavy atom. The van der Waals surface area contributed by atoms with E-state index >= 15 is 0 Å². The van der Waals surface area contributed by atoms with E-state index in [0.717, 1.165) is 17.8 Å². The molecule has 2 aromatic rings. The molecule has 0 fully saturated rings. The average Bonchev–Trinajstić information content (AvgIpc) is 2.68. The number of rotatable bonds is 8. The molecule has 0 radical (unpaired) electrons. The molecule has 0 bridgehead atoms. The fourth-order valence-electron chi connectivity index (χ4n) is 1.90. The van der Waals surface area contributed by atoms with Gasteiger partial charge in [-0.1, -0.05) is 63.1 Å². The first-order chi connectivity index (χ1) is 13.1. The Kier molecular flexibility index (Phi) is 10.4. The van der Waals surface area contributed by atoms with Crippen LogP contribution in [0.25, 0.3) is 0 Å². The van der Waals surface area contributed by atoms with E-state index in [2.05, 4.69) is 76.2 Å². The zero-order valence-electron chi connectivity index (χ0n) is 18.0. The molecule has 28 heavy (non-hydrogen) atoms. The van der Waals surface area contributed by atoms with Gasteiger partial charge in [0.1, 0.15) is 6.29 Å². The lowest BCUT2D eigenvalue weighted by Gasteiger charge is -2.20. The van der Waals surface area contributed by atoms with Gasteiger partial charge in [0.15, 0.2) is 0 Å². The van der Waals surface area contributed by atoms with E-state index in [1.54, 1.807) is 23.5 Å². The Morgan fingerprint density at radius 1 is 0.786 bits per heavy atom. The van der Waals surface area contributed by atoms with Crippen LogP contribution in [0.4, 0.5) is 0 Å². The highest BCUT2D eigenvalue weighted by molar-refractivity contribution is 7.99. The summed E-state index contributed by atoms with van der Waals surface area (Å²) in [5, 5.41) is 9.10. The molecule has 154 valence electrons. The van der Waals surface area contributed by atoms with Crippen LogP contribution in [0, 0.1) is 24.7 Å². The highest BCUT2D eigenvalue weighted by Crippen LogP contribution is 2.27. The summed E-state index contributed by atoms with van der Waals surface area (Å²) >= 11 is 3.53. The number of aliphatic hydroxyl groups excluding tert-OH is 1. The third-order valence-corrected chi connectivity index (χ3v) is 7.05. The lowest BCUT2D eigenvalue weighted by atomic mass is 9.98. The molecule has 0 amide bonds. The number of carbonyl (C=O) groups is 1. The SMILES string of the molecule is Cc1ccc(SCC(C)(C)C=O)cc1.Cc1ccc(SCC(C)(C)CO)cc1. The van der Waals surface area contributed by atoms with Gasteiger partial charge in [0.2, 0.25) is 0 Å². The van der Waals surface area contributed by atoms with Crippen LogP contribution in [-0.2, 0) is 4.79 Å². The Hall–Kier alpha value is -1.23. The normalized spacial score (nSPS) is 11.5. The van der Waals surface area contributed by atoms with Crippen molar-refractivity contribution in [2.75, 3.05) is 18.1 Å². The first kappa shape index (κ1) is 24.8. The van der Waals surface area contributed by atoms with Crippen molar-refractivity contribution >= 4 is 29.8 Å². The molecule has 0 unspecified atom stereocenters. The summed E-state index contributed by atoms with van der Waals surface area (Å²) in [7, 11) is 0. The van der Waals surface area contributed by atoms with Gasteiger partial charge in [-0.05, 0) is 43.5 Å². The van der Waals surface area contributed by atoms with Crippen LogP contribution in [0.2, 0.25) is 0 Å². The van der Waals surface area contributed by atoms with Crippen molar-refractivity contribution in [2.45, 2.75) is 51.3 Å². The van der Waals surface area contributed by atoms with Gasteiger partial charge in [-0.3, -0.25) is 0 Å². The zero-order valence-corrected chi connectivity index (χ0v) is 19.6. The lowest BCUT2D eigenvalue weighted by molar-refractivity contribution is -0.113. The molecule has 0 aliphatic rings. The summed E-state index contributed by atoms with van der Waals surface area (Å²) in [6.45, 7) is 12.5. The third kappa shape index (κ3) is 10.4. The van der Waals surface area contributed by atoms with Gasteiger partial charge in [-0.15, -0.1) is 23.5 Å². The van der Waals surface area contributed by atoms with E-state index in [1.807, 2.05) is 13.8 Å². The molecule has 0 saturated heterocycles. The molecule has 2 aromatic carbocycles. The van der Waals surface area contributed by atoms with Gasteiger partial charge in [0.25, 0.3) is 0 Å². The molecule has 0 aliphatic carbocycles. The fraction of sp³-hybridized carbons (Fsp3) is 0.458. The summed E-state index contributed by atoms with van der Waals surface area (Å²) in [5.74, 6) is 1.78. The van der Waals surface area contributed by atoms with Crippen LogP contribution in [-0.4, -0.2) is 29.5 Å². The van der Waals surface area contributed by atoms with Crippen LogP contribution >= 0.6 is 23.5 Å². The molecular weight excluding hydrogens is 384 g/mol. The molecule has 0 heterocycles. The maximum atomic E-state index is 10.7.